The Hall–Kier alpha value is -0.0800. The largest absolute Gasteiger partial charge is 0.389 e. The fraction of sp³-hybridized carbons (Fsp3) is 1.00. The van der Waals surface area contributed by atoms with Crippen molar-refractivity contribution in [2.75, 3.05) is 6.54 Å². The summed E-state index contributed by atoms with van der Waals surface area (Å²) in [6, 6.07) is 0.724. The number of hydrogen-bond acceptors (Lipinski definition) is 2. The predicted octanol–water partition coefficient (Wildman–Crippen LogP) is 2.46. The molecule has 15 heavy (non-hydrogen) atoms. The topological polar surface area (TPSA) is 32.3 Å². The summed E-state index contributed by atoms with van der Waals surface area (Å²) in [5.74, 6) is 0.885. The Balaban J connectivity index is 1.69. The second-order valence-corrected chi connectivity index (χ2v) is 5.61. The van der Waals surface area contributed by atoms with Crippen LogP contribution in [0.4, 0.5) is 0 Å². The van der Waals surface area contributed by atoms with Crippen LogP contribution < -0.4 is 5.32 Å². The maximum absolute atomic E-state index is 10.4. The van der Waals surface area contributed by atoms with Gasteiger partial charge in [-0.3, -0.25) is 0 Å². The fourth-order valence-electron chi connectivity index (χ4n) is 2.71. The average molecular weight is 211 g/mol. The minimum atomic E-state index is -0.382. The van der Waals surface area contributed by atoms with Gasteiger partial charge in [0, 0.05) is 12.6 Å². The lowest BCUT2D eigenvalue weighted by Crippen LogP contribution is -2.44. The van der Waals surface area contributed by atoms with Crippen LogP contribution in [0.25, 0.3) is 0 Å². The van der Waals surface area contributed by atoms with Crippen LogP contribution in [0.15, 0.2) is 0 Å². The number of aliphatic hydroxyl groups is 1. The first-order chi connectivity index (χ1) is 7.22. The van der Waals surface area contributed by atoms with Gasteiger partial charge in [0.15, 0.2) is 0 Å². The maximum Gasteiger partial charge on any atom is 0.0771 e. The minimum Gasteiger partial charge on any atom is -0.389 e. The molecule has 0 spiro atoms. The van der Waals surface area contributed by atoms with E-state index in [9.17, 15) is 5.11 Å². The first-order valence-corrected chi connectivity index (χ1v) is 6.67. The van der Waals surface area contributed by atoms with E-state index >= 15 is 0 Å². The molecule has 2 aliphatic rings. The molecule has 2 rings (SSSR count). The van der Waals surface area contributed by atoms with Crippen molar-refractivity contribution >= 4 is 0 Å². The summed E-state index contributed by atoms with van der Waals surface area (Å²) in [5.41, 5.74) is -0.382. The highest BCUT2D eigenvalue weighted by Crippen LogP contribution is 2.34. The standard InChI is InChI=1S/C13H25NO/c1-2-3-11-6-8-13(15,9-7-11)10-14-12-4-5-12/h11-12,14-15H,2-10H2,1H3. The van der Waals surface area contributed by atoms with Crippen molar-refractivity contribution in [1.82, 2.24) is 5.32 Å². The van der Waals surface area contributed by atoms with Gasteiger partial charge < -0.3 is 10.4 Å². The molecule has 0 bridgehead atoms. The molecule has 0 amide bonds. The lowest BCUT2D eigenvalue weighted by molar-refractivity contribution is -0.00949. The van der Waals surface area contributed by atoms with Crippen molar-refractivity contribution in [2.24, 2.45) is 5.92 Å². The van der Waals surface area contributed by atoms with E-state index in [4.69, 9.17) is 0 Å². The maximum atomic E-state index is 10.4. The summed E-state index contributed by atoms with van der Waals surface area (Å²) in [5, 5.41) is 13.8. The Bertz CT molecular complexity index is 193. The van der Waals surface area contributed by atoms with Crippen molar-refractivity contribution in [2.45, 2.75) is 69.9 Å². The Morgan fingerprint density at radius 2 is 1.87 bits per heavy atom. The number of nitrogens with one attached hydrogen (secondary N) is 1. The highest BCUT2D eigenvalue weighted by Gasteiger charge is 2.34. The lowest BCUT2D eigenvalue weighted by atomic mass is 9.77. The van der Waals surface area contributed by atoms with Crippen molar-refractivity contribution < 1.29 is 5.11 Å². The van der Waals surface area contributed by atoms with Gasteiger partial charge in [-0.15, -0.1) is 0 Å². The first-order valence-electron chi connectivity index (χ1n) is 6.67. The zero-order valence-corrected chi connectivity index (χ0v) is 9.97. The molecule has 0 atom stereocenters. The van der Waals surface area contributed by atoms with Gasteiger partial charge >= 0.3 is 0 Å². The lowest BCUT2D eigenvalue weighted by Gasteiger charge is -2.36. The van der Waals surface area contributed by atoms with Crippen LogP contribution in [0.5, 0.6) is 0 Å². The second kappa shape index (κ2) is 4.84. The van der Waals surface area contributed by atoms with Gasteiger partial charge in [-0.1, -0.05) is 19.8 Å². The molecule has 2 fully saturated rings. The molecule has 0 aromatic carbocycles. The van der Waals surface area contributed by atoms with E-state index in [-0.39, 0.29) is 5.60 Å². The second-order valence-electron chi connectivity index (χ2n) is 5.61. The normalized spacial score (nSPS) is 36.8. The Morgan fingerprint density at radius 3 is 2.40 bits per heavy atom. The zero-order valence-electron chi connectivity index (χ0n) is 9.97. The summed E-state index contributed by atoms with van der Waals surface area (Å²) >= 11 is 0. The molecule has 2 N–H and O–H groups in total. The molecule has 0 aromatic rings. The minimum absolute atomic E-state index is 0.382. The molecule has 2 heteroatoms. The van der Waals surface area contributed by atoms with E-state index < -0.39 is 0 Å². The molecule has 2 aliphatic carbocycles. The van der Waals surface area contributed by atoms with E-state index in [1.165, 1.54) is 38.5 Å². The number of hydrogen-bond donors (Lipinski definition) is 2. The molecule has 2 saturated carbocycles. The molecule has 0 radical (unpaired) electrons. The molecule has 0 heterocycles. The van der Waals surface area contributed by atoms with Crippen LogP contribution in [-0.2, 0) is 0 Å². The average Bonchev–Trinajstić information content (AvgIpc) is 3.03. The highest BCUT2D eigenvalue weighted by atomic mass is 16.3. The number of rotatable bonds is 5. The summed E-state index contributed by atoms with van der Waals surface area (Å²) < 4.78 is 0. The van der Waals surface area contributed by atoms with Gasteiger partial charge in [0.05, 0.1) is 5.60 Å². The molecule has 0 unspecified atom stereocenters. The van der Waals surface area contributed by atoms with E-state index in [0.29, 0.717) is 0 Å². The van der Waals surface area contributed by atoms with Crippen molar-refractivity contribution in [3.8, 4) is 0 Å². The van der Waals surface area contributed by atoms with Crippen LogP contribution in [-0.4, -0.2) is 23.3 Å². The quantitative estimate of drug-likeness (QED) is 0.732. The SMILES string of the molecule is CCCC1CCC(O)(CNC2CC2)CC1. The molecular weight excluding hydrogens is 186 g/mol. The van der Waals surface area contributed by atoms with Gasteiger partial charge in [-0.25, -0.2) is 0 Å². The summed E-state index contributed by atoms with van der Waals surface area (Å²) in [7, 11) is 0. The molecule has 88 valence electrons. The van der Waals surface area contributed by atoms with E-state index in [1.807, 2.05) is 0 Å². The van der Waals surface area contributed by atoms with E-state index in [2.05, 4.69) is 12.2 Å². The van der Waals surface area contributed by atoms with Crippen molar-refractivity contribution in [3.63, 3.8) is 0 Å². The Kier molecular flexibility index (Phi) is 3.68. The molecule has 0 aliphatic heterocycles. The zero-order chi connectivity index (χ0) is 10.7. The molecular formula is C13H25NO. The third kappa shape index (κ3) is 3.46. The molecule has 0 aromatic heterocycles. The van der Waals surface area contributed by atoms with Crippen LogP contribution >= 0.6 is 0 Å². The van der Waals surface area contributed by atoms with Gasteiger partial charge in [0.25, 0.3) is 0 Å². The summed E-state index contributed by atoms with van der Waals surface area (Å²) in [4.78, 5) is 0. The Morgan fingerprint density at radius 1 is 1.20 bits per heavy atom. The summed E-state index contributed by atoms with van der Waals surface area (Å²) in [6.45, 7) is 3.09. The molecule has 0 saturated heterocycles. The Labute approximate surface area is 93.5 Å². The fourth-order valence-corrected chi connectivity index (χ4v) is 2.71. The van der Waals surface area contributed by atoms with Crippen LogP contribution in [0.3, 0.4) is 0 Å². The predicted molar refractivity (Wildman–Crippen MR) is 62.8 cm³/mol. The van der Waals surface area contributed by atoms with Crippen molar-refractivity contribution in [1.29, 1.82) is 0 Å². The third-order valence-corrected chi connectivity index (χ3v) is 4.03. The first kappa shape index (κ1) is 11.4. The highest BCUT2D eigenvalue weighted by molar-refractivity contribution is 4.90. The van der Waals surface area contributed by atoms with E-state index in [1.54, 1.807) is 0 Å². The summed E-state index contributed by atoms with van der Waals surface area (Å²) in [6.07, 6.45) is 9.76. The van der Waals surface area contributed by atoms with Gasteiger partial charge in [-0.2, -0.15) is 0 Å². The van der Waals surface area contributed by atoms with Crippen LogP contribution in [0.1, 0.15) is 58.3 Å². The monoisotopic (exact) mass is 211 g/mol. The van der Waals surface area contributed by atoms with Crippen molar-refractivity contribution in [3.05, 3.63) is 0 Å². The molecule has 2 nitrogen and oxygen atoms in total. The van der Waals surface area contributed by atoms with Crippen LogP contribution in [0, 0.1) is 5.92 Å². The van der Waals surface area contributed by atoms with Gasteiger partial charge in [0.2, 0.25) is 0 Å². The smallest absolute Gasteiger partial charge is 0.0771 e. The van der Waals surface area contributed by atoms with Gasteiger partial charge in [-0.05, 0) is 44.4 Å². The third-order valence-electron chi connectivity index (χ3n) is 4.03. The van der Waals surface area contributed by atoms with E-state index in [0.717, 1.165) is 31.3 Å². The van der Waals surface area contributed by atoms with Crippen LogP contribution in [0.2, 0.25) is 0 Å². The van der Waals surface area contributed by atoms with Gasteiger partial charge in [0.1, 0.15) is 0 Å².